The molecule has 0 unspecified atom stereocenters. The fraction of sp³-hybridized carbons (Fsp3) is 0.333. The SMILES string of the molecule is COC(=O)c1nc2ccc(F)cc2n1C1CC1. The number of carbonyl (C=O) groups is 1. The molecule has 0 radical (unpaired) electrons. The van der Waals surface area contributed by atoms with Crippen molar-refractivity contribution in [2.24, 2.45) is 0 Å². The van der Waals surface area contributed by atoms with Gasteiger partial charge in [-0.3, -0.25) is 0 Å². The molecule has 1 saturated carbocycles. The first-order chi connectivity index (χ1) is 8.20. The Bertz CT molecular complexity index is 602. The fourth-order valence-corrected chi connectivity index (χ4v) is 2.00. The summed E-state index contributed by atoms with van der Waals surface area (Å²) in [6, 6.07) is 4.58. The molecule has 0 bridgehead atoms. The Morgan fingerprint density at radius 1 is 1.53 bits per heavy atom. The molecule has 1 aromatic heterocycles. The van der Waals surface area contributed by atoms with Gasteiger partial charge in [0.05, 0.1) is 18.1 Å². The predicted octanol–water partition coefficient (Wildman–Crippen LogP) is 2.30. The number of carbonyl (C=O) groups excluding carboxylic acids is 1. The smallest absolute Gasteiger partial charge is 0.374 e. The number of rotatable bonds is 2. The molecule has 4 nitrogen and oxygen atoms in total. The highest BCUT2D eigenvalue weighted by Gasteiger charge is 2.31. The molecule has 5 heteroatoms. The van der Waals surface area contributed by atoms with Crippen LogP contribution in [0.3, 0.4) is 0 Å². The zero-order chi connectivity index (χ0) is 12.0. The Labute approximate surface area is 97.0 Å². The quantitative estimate of drug-likeness (QED) is 0.749. The van der Waals surface area contributed by atoms with E-state index in [2.05, 4.69) is 4.98 Å². The Balaban J connectivity index is 2.27. The summed E-state index contributed by atoms with van der Waals surface area (Å²) in [6.07, 6.45) is 1.98. The second-order valence-electron chi connectivity index (χ2n) is 4.16. The summed E-state index contributed by atoms with van der Waals surface area (Å²) in [5.74, 6) is -0.542. The first-order valence-corrected chi connectivity index (χ1v) is 5.46. The van der Waals surface area contributed by atoms with Crippen LogP contribution in [0.15, 0.2) is 18.2 Å². The second kappa shape index (κ2) is 3.55. The normalized spacial score (nSPS) is 15.2. The third-order valence-electron chi connectivity index (χ3n) is 2.93. The predicted molar refractivity (Wildman–Crippen MR) is 59.3 cm³/mol. The maximum Gasteiger partial charge on any atom is 0.374 e. The number of aromatic nitrogens is 2. The van der Waals surface area contributed by atoms with E-state index in [4.69, 9.17) is 4.74 Å². The molecule has 88 valence electrons. The van der Waals surface area contributed by atoms with Crippen molar-refractivity contribution < 1.29 is 13.9 Å². The Kier molecular flexibility index (Phi) is 2.14. The van der Waals surface area contributed by atoms with E-state index in [1.165, 1.54) is 19.2 Å². The van der Waals surface area contributed by atoms with Crippen molar-refractivity contribution >= 4 is 17.0 Å². The molecule has 1 aliphatic rings. The molecule has 1 aromatic carbocycles. The Hall–Kier alpha value is -1.91. The lowest BCUT2D eigenvalue weighted by Crippen LogP contribution is -2.10. The van der Waals surface area contributed by atoms with Gasteiger partial charge in [0.2, 0.25) is 5.82 Å². The monoisotopic (exact) mass is 234 g/mol. The molecular formula is C12H11FN2O2. The number of ether oxygens (including phenoxy) is 1. The van der Waals surface area contributed by atoms with Crippen molar-refractivity contribution in [3.8, 4) is 0 Å². The minimum absolute atomic E-state index is 0.246. The van der Waals surface area contributed by atoms with Crippen LogP contribution in [-0.2, 0) is 4.74 Å². The summed E-state index contributed by atoms with van der Waals surface area (Å²) in [5.41, 5.74) is 1.28. The lowest BCUT2D eigenvalue weighted by atomic mass is 10.3. The fourth-order valence-electron chi connectivity index (χ4n) is 2.00. The number of imidazole rings is 1. The largest absolute Gasteiger partial charge is 0.463 e. The van der Waals surface area contributed by atoms with Crippen LogP contribution in [0.2, 0.25) is 0 Å². The number of hydrogen-bond acceptors (Lipinski definition) is 3. The number of hydrogen-bond donors (Lipinski definition) is 0. The number of esters is 1. The summed E-state index contributed by atoms with van der Waals surface area (Å²) in [4.78, 5) is 15.8. The van der Waals surface area contributed by atoms with Gasteiger partial charge in [0.1, 0.15) is 5.82 Å². The maximum atomic E-state index is 13.2. The average Bonchev–Trinajstić information content (AvgIpc) is 3.09. The van der Waals surface area contributed by atoms with Crippen molar-refractivity contribution in [1.82, 2.24) is 9.55 Å². The number of fused-ring (bicyclic) bond motifs is 1. The number of halogens is 1. The first kappa shape index (κ1) is 10.3. The van der Waals surface area contributed by atoms with E-state index >= 15 is 0 Å². The molecule has 0 atom stereocenters. The summed E-state index contributed by atoms with van der Waals surface area (Å²) >= 11 is 0. The van der Waals surface area contributed by atoms with Gasteiger partial charge in [0, 0.05) is 6.04 Å². The summed E-state index contributed by atoms with van der Waals surface area (Å²) in [7, 11) is 1.32. The summed E-state index contributed by atoms with van der Waals surface area (Å²) in [6.45, 7) is 0. The van der Waals surface area contributed by atoms with Crippen LogP contribution in [0.4, 0.5) is 4.39 Å². The number of nitrogens with zero attached hydrogens (tertiary/aromatic N) is 2. The molecule has 0 N–H and O–H groups in total. The van der Waals surface area contributed by atoms with Crippen LogP contribution in [0.5, 0.6) is 0 Å². The topological polar surface area (TPSA) is 44.1 Å². The highest BCUT2D eigenvalue weighted by Crippen LogP contribution is 2.38. The molecule has 0 saturated heterocycles. The highest BCUT2D eigenvalue weighted by atomic mass is 19.1. The average molecular weight is 234 g/mol. The first-order valence-electron chi connectivity index (χ1n) is 5.46. The van der Waals surface area contributed by atoms with Crippen molar-refractivity contribution in [3.63, 3.8) is 0 Å². The van der Waals surface area contributed by atoms with E-state index in [9.17, 15) is 9.18 Å². The third kappa shape index (κ3) is 1.58. The molecule has 0 amide bonds. The molecular weight excluding hydrogens is 223 g/mol. The molecule has 1 fully saturated rings. The van der Waals surface area contributed by atoms with Gasteiger partial charge in [-0.05, 0) is 31.0 Å². The lowest BCUT2D eigenvalue weighted by molar-refractivity contribution is 0.0581. The molecule has 1 heterocycles. The summed E-state index contributed by atoms with van der Waals surface area (Å²) in [5, 5.41) is 0. The van der Waals surface area contributed by atoms with Crippen molar-refractivity contribution in [3.05, 3.63) is 29.8 Å². The molecule has 0 aliphatic heterocycles. The van der Waals surface area contributed by atoms with Gasteiger partial charge in [0.15, 0.2) is 0 Å². The van der Waals surface area contributed by atoms with Gasteiger partial charge < -0.3 is 9.30 Å². The van der Waals surface area contributed by atoms with E-state index in [-0.39, 0.29) is 17.7 Å². The number of benzene rings is 1. The second-order valence-corrected chi connectivity index (χ2v) is 4.16. The van der Waals surface area contributed by atoms with Gasteiger partial charge in [-0.2, -0.15) is 0 Å². The molecule has 0 spiro atoms. The lowest BCUT2D eigenvalue weighted by Gasteiger charge is -2.05. The van der Waals surface area contributed by atoms with E-state index in [0.29, 0.717) is 11.0 Å². The summed E-state index contributed by atoms with van der Waals surface area (Å²) < 4.78 is 19.7. The highest BCUT2D eigenvalue weighted by molar-refractivity contribution is 5.91. The van der Waals surface area contributed by atoms with E-state index in [1.807, 2.05) is 0 Å². The van der Waals surface area contributed by atoms with Crippen LogP contribution in [0.1, 0.15) is 29.5 Å². The Morgan fingerprint density at radius 2 is 2.29 bits per heavy atom. The molecule has 2 aromatic rings. The zero-order valence-corrected chi connectivity index (χ0v) is 9.31. The van der Waals surface area contributed by atoms with Crippen LogP contribution in [-0.4, -0.2) is 22.6 Å². The van der Waals surface area contributed by atoms with E-state index < -0.39 is 5.97 Å². The maximum absolute atomic E-state index is 13.2. The van der Waals surface area contributed by atoms with E-state index in [0.717, 1.165) is 12.8 Å². The van der Waals surface area contributed by atoms with Gasteiger partial charge >= 0.3 is 5.97 Å². The van der Waals surface area contributed by atoms with Gasteiger partial charge in [-0.1, -0.05) is 0 Å². The van der Waals surface area contributed by atoms with Crippen LogP contribution in [0, 0.1) is 5.82 Å². The van der Waals surface area contributed by atoms with Crippen molar-refractivity contribution in [2.45, 2.75) is 18.9 Å². The van der Waals surface area contributed by atoms with Crippen molar-refractivity contribution in [1.29, 1.82) is 0 Å². The standard InChI is InChI=1S/C12H11FN2O2/c1-17-12(16)11-14-9-5-2-7(13)6-10(9)15(11)8-3-4-8/h2,5-6,8H,3-4H2,1H3. The van der Waals surface area contributed by atoms with Gasteiger partial charge in [-0.15, -0.1) is 0 Å². The molecule has 3 rings (SSSR count). The van der Waals surface area contributed by atoms with Crippen LogP contribution < -0.4 is 0 Å². The minimum atomic E-state index is -0.478. The minimum Gasteiger partial charge on any atom is -0.463 e. The van der Waals surface area contributed by atoms with Gasteiger partial charge in [0.25, 0.3) is 0 Å². The molecule has 1 aliphatic carbocycles. The Morgan fingerprint density at radius 3 is 2.94 bits per heavy atom. The number of methoxy groups -OCH3 is 1. The van der Waals surface area contributed by atoms with E-state index in [1.54, 1.807) is 10.6 Å². The van der Waals surface area contributed by atoms with Crippen LogP contribution in [0.25, 0.3) is 11.0 Å². The molecule has 17 heavy (non-hydrogen) atoms. The van der Waals surface area contributed by atoms with Gasteiger partial charge in [-0.25, -0.2) is 14.2 Å². The van der Waals surface area contributed by atoms with Crippen molar-refractivity contribution in [2.75, 3.05) is 7.11 Å². The zero-order valence-electron chi connectivity index (χ0n) is 9.31. The third-order valence-corrected chi connectivity index (χ3v) is 2.93. The van der Waals surface area contributed by atoms with Crippen LogP contribution >= 0.6 is 0 Å².